The first kappa shape index (κ1) is 23.6. The van der Waals surface area contributed by atoms with E-state index in [1.54, 1.807) is 12.1 Å². The molecule has 2 aromatic carbocycles. The van der Waals surface area contributed by atoms with Gasteiger partial charge in [-0.1, -0.05) is 12.1 Å². The zero-order valence-corrected chi connectivity index (χ0v) is 20.3. The van der Waals surface area contributed by atoms with E-state index in [4.69, 9.17) is 20.7 Å². The third kappa shape index (κ3) is 3.34. The van der Waals surface area contributed by atoms with Crippen molar-refractivity contribution in [3.63, 3.8) is 0 Å². The number of aromatic hydroxyl groups is 3. The number of ketones is 1. The zero-order chi connectivity index (χ0) is 25.2. The molecule has 36 heavy (non-hydrogen) atoms. The highest BCUT2D eigenvalue weighted by molar-refractivity contribution is 5.90. The minimum Gasteiger partial charge on any atom is -0.504 e. The summed E-state index contributed by atoms with van der Waals surface area (Å²) in [6.45, 7) is 2.50. The lowest BCUT2D eigenvalue weighted by molar-refractivity contribution is -0.188. The topological polar surface area (TPSA) is 136 Å². The Hall–Kier alpha value is -2.81. The normalized spacial score (nSPS) is 31.8. The number of carbonyl (C=O) groups is 1. The lowest BCUT2D eigenvalue weighted by Gasteiger charge is -2.62. The van der Waals surface area contributed by atoms with Crippen molar-refractivity contribution in [1.82, 2.24) is 4.90 Å². The number of nitrogens with zero attached hydrogens (tertiary/aromatic N) is 1. The molecular weight excluding hydrogens is 460 g/mol. The first-order chi connectivity index (χ1) is 17.3. The Morgan fingerprint density at radius 3 is 2.56 bits per heavy atom. The van der Waals surface area contributed by atoms with E-state index in [1.165, 1.54) is 25.0 Å². The van der Waals surface area contributed by atoms with Crippen molar-refractivity contribution in [1.29, 1.82) is 0 Å². The molecule has 8 heteroatoms. The van der Waals surface area contributed by atoms with Crippen molar-refractivity contribution >= 4 is 5.78 Å². The minimum atomic E-state index is -0.940. The number of piperidine rings is 1. The molecule has 192 valence electrons. The summed E-state index contributed by atoms with van der Waals surface area (Å²) >= 11 is 0. The van der Waals surface area contributed by atoms with Crippen LogP contribution in [-0.4, -0.2) is 68.5 Å². The summed E-state index contributed by atoms with van der Waals surface area (Å²) in [5.41, 5.74) is 6.69. The van der Waals surface area contributed by atoms with E-state index >= 15 is 0 Å². The monoisotopic (exact) mass is 494 g/mol. The average Bonchev–Trinajstić information content (AvgIpc) is 3.59. The summed E-state index contributed by atoms with van der Waals surface area (Å²) < 4.78 is 6.04. The Kier molecular flexibility index (Phi) is 5.48. The van der Waals surface area contributed by atoms with Gasteiger partial charge in [0.05, 0.1) is 11.0 Å². The number of nitrogens with two attached hydrogens (primary N) is 1. The molecule has 2 aliphatic heterocycles. The number of benzene rings is 2. The fraction of sp³-hybridized carbons (Fsp3) is 0.536. The van der Waals surface area contributed by atoms with Crippen LogP contribution in [-0.2, 0) is 23.1 Å². The van der Waals surface area contributed by atoms with Crippen LogP contribution < -0.4 is 10.5 Å². The van der Waals surface area contributed by atoms with E-state index in [1.807, 2.05) is 6.07 Å². The second-order valence-electron chi connectivity index (χ2n) is 11.1. The Morgan fingerprint density at radius 2 is 1.83 bits per heavy atom. The number of hydrogen-bond acceptors (Lipinski definition) is 8. The summed E-state index contributed by atoms with van der Waals surface area (Å²) in [5, 5.41) is 40.3. The van der Waals surface area contributed by atoms with E-state index in [0.717, 1.165) is 48.5 Å². The Morgan fingerprint density at radius 1 is 1.06 bits per heavy atom. The molecule has 5 aliphatic rings. The summed E-state index contributed by atoms with van der Waals surface area (Å²) in [4.78, 5) is 15.2. The van der Waals surface area contributed by atoms with Crippen molar-refractivity contribution in [3.05, 3.63) is 47.0 Å². The van der Waals surface area contributed by atoms with Crippen molar-refractivity contribution in [2.75, 3.05) is 19.6 Å². The number of aliphatic hydroxyl groups is 1. The van der Waals surface area contributed by atoms with Crippen molar-refractivity contribution in [2.24, 2.45) is 11.7 Å². The molecule has 0 unspecified atom stereocenters. The van der Waals surface area contributed by atoms with Crippen LogP contribution in [0.5, 0.6) is 23.0 Å². The van der Waals surface area contributed by atoms with Gasteiger partial charge >= 0.3 is 0 Å². The average molecular weight is 495 g/mol. The third-order valence-electron chi connectivity index (χ3n) is 9.03. The first-order valence-electron chi connectivity index (χ1n) is 13.0. The summed E-state index contributed by atoms with van der Waals surface area (Å²) in [6.07, 6.45) is 5.04. The first-order valence-corrected chi connectivity index (χ1v) is 13.0. The highest BCUT2D eigenvalue weighted by Crippen LogP contribution is 2.64. The Bertz CT molecular complexity index is 1210. The Balaban J connectivity index is 0.000000186. The van der Waals surface area contributed by atoms with E-state index in [2.05, 4.69) is 4.90 Å². The van der Waals surface area contributed by atoms with Gasteiger partial charge in [0.15, 0.2) is 34.9 Å². The summed E-state index contributed by atoms with van der Waals surface area (Å²) in [7, 11) is 0. The van der Waals surface area contributed by atoms with Crippen LogP contribution in [0, 0.1) is 5.92 Å². The van der Waals surface area contributed by atoms with Crippen LogP contribution in [0.25, 0.3) is 0 Å². The van der Waals surface area contributed by atoms with Crippen molar-refractivity contribution < 1.29 is 30.0 Å². The number of phenolic OH excluding ortho intramolecular Hbond substituents is 3. The molecule has 6 N–H and O–H groups in total. The van der Waals surface area contributed by atoms with Crippen LogP contribution in [0.15, 0.2) is 30.3 Å². The van der Waals surface area contributed by atoms with Gasteiger partial charge in [-0.25, -0.2) is 0 Å². The molecule has 2 heterocycles. The zero-order valence-electron chi connectivity index (χ0n) is 20.3. The number of Topliss-reactive ketones (excluding diaryl/α,β-unsaturated/α-hetero) is 1. The van der Waals surface area contributed by atoms with Gasteiger partial charge in [-0.3, -0.25) is 9.69 Å². The van der Waals surface area contributed by atoms with Gasteiger partial charge in [0.2, 0.25) is 0 Å². The van der Waals surface area contributed by atoms with Gasteiger partial charge in [-0.05, 0) is 86.9 Å². The molecule has 1 saturated heterocycles. The smallest absolute Gasteiger partial charge is 0.174 e. The largest absolute Gasteiger partial charge is 0.504 e. The van der Waals surface area contributed by atoms with Crippen molar-refractivity contribution in [2.45, 2.75) is 68.1 Å². The molecule has 0 aromatic heterocycles. The van der Waals surface area contributed by atoms with Gasteiger partial charge < -0.3 is 30.9 Å². The molecular formula is C28H34N2O6. The van der Waals surface area contributed by atoms with Gasteiger partial charge in [0, 0.05) is 24.6 Å². The third-order valence-corrected chi connectivity index (χ3v) is 9.03. The summed E-state index contributed by atoms with van der Waals surface area (Å²) in [5.74, 6) is 1.21. The number of likely N-dealkylation sites (tertiary alicyclic amines) is 1. The minimum absolute atomic E-state index is 0.0454. The molecule has 1 spiro atoms. The molecule has 3 fully saturated rings. The SMILES string of the molecule is NCCc1ccc(O)c(O)c1.O=C1CC[C@@]2(O)[C@H]3Cc4ccc(O)c5c4[C@@]2(CCN3CC2CC2)[C@H]1O5. The van der Waals surface area contributed by atoms with Crippen LogP contribution in [0.1, 0.15) is 48.8 Å². The number of rotatable bonds is 4. The highest BCUT2D eigenvalue weighted by atomic mass is 16.5. The van der Waals surface area contributed by atoms with Gasteiger partial charge in [-0.2, -0.15) is 0 Å². The number of hydrogen-bond donors (Lipinski definition) is 5. The lowest BCUT2D eigenvalue weighted by atomic mass is 9.49. The van der Waals surface area contributed by atoms with E-state index in [0.29, 0.717) is 31.6 Å². The molecule has 8 nitrogen and oxygen atoms in total. The molecule has 2 saturated carbocycles. The fourth-order valence-corrected chi connectivity index (χ4v) is 7.15. The fourth-order valence-electron chi connectivity index (χ4n) is 7.15. The lowest BCUT2D eigenvalue weighted by Crippen LogP contribution is -2.76. The van der Waals surface area contributed by atoms with E-state index < -0.39 is 17.1 Å². The number of phenols is 3. The van der Waals surface area contributed by atoms with Gasteiger partial charge in [0.25, 0.3) is 0 Å². The Labute approximate surface area is 210 Å². The maximum Gasteiger partial charge on any atom is 0.174 e. The maximum absolute atomic E-state index is 12.7. The second kappa shape index (κ2) is 8.36. The molecule has 2 bridgehead atoms. The van der Waals surface area contributed by atoms with Crippen molar-refractivity contribution in [3.8, 4) is 23.0 Å². The molecule has 7 rings (SSSR count). The predicted molar refractivity (Wildman–Crippen MR) is 132 cm³/mol. The molecule has 3 aliphatic carbocycles. The molecule has 0 amide bonds. The number of ether oxygens (including phenoxy) is 1. The summed E-state index contributed by atoms with van der Waals surface area (Å²) in [6, 6.07) is 8.40. The predicted octanol–water partition coefficient (Wildman–Crippen LogP) is 2.12. The maximum atomic E-state index is 12.7. The quantitative estimate of drug-likeness (QED) is 0.408. The standard InChI is InChI=1S/C20H23NO4.C8H11NO2/c22-13-4-3-12-9-15-20(24)6-5-14(23)18-19(20,16(12)17(13)25-18)7-8-21(15)10-11-1-2-11;9-4-3-6-1-2-7(10)8(11)5-6/h3-4,11,15,18,22,24H,1-2,5-10H2;1-2,5,10-11H,3-4,9H2/t15-,18+,19+,20-;/m1./s1. The van der Waals surface area contributed by atoms with Gasteiger partial charge in [0.1, 0.15) is 0 Å². The van der Waals surface area contributed by atoms with Crippen LogP contribution in [0.4, 0.5) is 0 Å². The molecule has 2 aromatic rings. The van der Waals surface area contributed by atoms with Crippen LogP contribution in [0.3, 0.4) is 0 Å². The van der Waals surface area contributed by atoms with Crippen LogP contribution >= 0.6 is 0 Å². The van der Waals surface area contributed by atoms with E-state index in [-0.39, 0.29) is 29.1 Å². The van der Waals surface area contributed by atoms with Gasteiger partial charge in [-0.15, -0.1) is 0 Å². The molecule has 4 atom stereocenters. The number of carbonyl (C=O) groups excluding carboxylic acids is 1. The second-order valence-corrected chi connectivity index (χ2v) is 11.1. The van der Waals surface area contributed by atoms with Crippen LogP contribution in [0.2, 0.25) is 0 Å². The van der Waals surface area contributed by atoms with E-state index in [9.17, 15) is 15.0 Å². The highest BCUT2D eigenvalue weighted by Gasteiger charge is 2.73. The molecule has 0 radical (unpaired) electrons.